The third-order valence-corrected chi connectivity index (χ3v) is 3.04. The maximum Gasteiger partial charge on any atom is 0.353 e. The molecule has 1 unspecified atom stereocenters. The van der Waals surface area contributed by atoms with Gasteiger partial charge in [0, 0.05) is 13.0 Å². The van der Waals surface area contributed by atoms with Gasteiger partial charge in [-0.25, -0.2) is 4.79 Å². The van der Waals surface area contributed by atoms with E-state index < -0.39 is 12.1 Å². The molecule has 2 N–H and O–H groups in total. The van der Waals surface area contributed by atoms with E-state index in [0.29, 0.717) is 6.54 Å². The molecule has 0 aromatic carbocycles. The van der Waals surface area contributed by atoms with Gasteiger partial charge < -0.3 is 15.3 Å². The normalized spacial score (nSPS) is 17.7. The lowest BCUT2D eigenvalue weighted by atomic mass is 10.1. The number of carboxylic acids is 1. The fraction of sp³-hybridized carbons (Fsp3) is 0.769. The maximum absolute atomic E-state index is 11.6. The summed E-state index contributed by atoms with van der Waals surface area (Å²) in [6.45, 7) is 2.78. The molecule has 1 aliphatic rings. The molecule has 0 aliphatic carbocycles. The number of hydrogen-bond donors (Lipinski definition) is 2. The van der Waals surface area contributed by atoms with Crippen LogP contribution in [0.1, 0.15) is 51.9 Å². The molecule has 0 bridgehead atoms. The van der Waals surface area contributed by atoms with Gasteiger partial charge in [-0.2, -0.15) is 0 Å². The predicted octanol–water partition coefficient (Wildman–Crippen LogP) is 1.69. The Labute approximate surface area is 113 Å². The summed E-state index contributed by atoms with van der Waals surface area (Å²) in [4.78, 5) is 27.1. The molecule has 6 nitrogen and oxygen atoms in total. The number of amides is 1. The molecular formula is C13H22N2O4. The van der Waals surface area contributed by atoms with Gasteiger partial charge in [-0.1, -0.05) is 44.2 Å². The van der Waals surface area contributed by atoms with Gasteiger partial charge >= 0.3 is 5.97 Å². The van der Waals surface area contributed by atoms with Crippen LogP contribution in [0.15, 0.2) is 5.16 Å². The predicted molar refractivity (Wildman–Crippen MR) is 70.9 cm³/mol. The second-order valence-corrected chi connectivity index (χ2v) is 4.70. The lowest BCUT2D eigenvalue weighted by Gasteiger charge is -2.09. The van der Waals surface area contributed by atoms with Crippen LogP contribution in [0, 0.1) is 0 Å². The SMILES string of the molecule is CCCCCCCCNC(=O)C1CC(C(=O)O)=NO1. The number of rotatable bonds is 9. The van der Waals surface area contributed by atoms with E-state index in [9.17, 15) is 9.59 Å². The highest BCUT2D eigenvalue weighted by Gasteiger charge is 2.31. The van der Waals surface area contributed by atoms with Gasteiger partial charge in [-0.3, -0.25) is 4.79 Å². The highest BCUT2D eigenvalue weighted by molar-refractivity contribution is 6.36. The Kier molecular flexibility index (Phi) is 6.92. The van der Waals surface area contributed by atoms with Crippen molar-refractivity contribution in [2.75, 3.05) is 6.54 Å². The van der Waals surface area contributed by atoms with Gasteiger partial charge in [0.2, 0.25) is 6.10 Å². The van der Waals surface area contributed by atoms with Crippen LogP contribution in [0.4, 0.5) is 0 Å². The first kappa shape index (κ1) is 15.5. The number of unbranched alkanes of at least 4 members (excludes halogenated alkanes) is 5. The number of carboxylic acid groups (broad SMARTS) is 1. The number of aliphatic carboxylic acids is 1. The summed E-state index contributed by atoms with van der Waals surface area (Å²) >= 11 is 0. The molecule has 1 heterocycles. The summed E-state index contributed by atoms with van der Waals surface area (Å²) in [5, 5.41) is 14.8. The van der Waals surface area contributed by atoms with E-state index in [1.165, 1.54) is 25.7 Å². The minimum absolute atomic E-state index is 0.0394. The van der Waals surface area contributed by atoms with Crippen LogP contribution in [0.2, 0.25) is 0 Å². The summed E-state index contributed by atoms with van der Waals surface area (Å²) in [5.41, 5.74) is -0.0975. The van der Waals surface area contributed by atoms with Crippen LogP contribution in [-0.2, 0) is 14.4 Å². The largest absolute Gasteiger partial charge is 0.477 e. The van der Waals surface area contributed by atoms with Gasteiger partial charge in [0.05, 0.1) is 0 Å². The standard InChI is InChI=1S/C13H22N2O4/c1-2-3-4-5-6-7-8-14-12(16)11-9-10(13(17)18)15-19-11/h11H,2-9H2,1H3,(H,14,16)(H,17,18). The van der Waals surface area contributed by atoms with Crippen molar-refractivity contribution in [3.8, 4) is 0 Å². The Balaban J connectivity index is 2.05. The van der Waals surface area contributed by atoms with Crippen LogP contribution in [0.3, 0.4) is 0 Å². The monoisotopic (exact) mass is 270 g/mol. The fourth-order valence-electron chi connectivity index (χ4n) is 1.88. The summed E-state index contributed by atoms with van der Waals surface area (Å²) in [6.07, 6.45) is 6.21. The Bertz CT molecular complexity index is 342. The molecule has 0 aromatic rings. The number of nitrogens with one attached hydrogen (secondary N) is 1. The lowest BCUT2D eigenvalue weighted by molar-refractivity contribution is -0.131. The van der Waals surface area contributed by atoms with Crippen LogP contribution < -0.4 is 5.32 Å². The zero-order chi connectivity index (χ0) is 14.1. The van der Waals surface area contributed by atoms with Gasteiger partial charge in [-0.05, 0) is 6.42 Å². The van der Waals surface area contributed by atoms with E-state index in [2.05, 4.69) is 17.4 Å². The molecule has 0 spiro atoms. The van der Waals surface area contributed by atoms with E-state index >= 15 is 0 Å². The average molecular weight is 270 g/mol. The molecule has 0 fully saturated rings. The molecule has 1 aliphatic heterocycles. The first-order chi connectivity index (χ1) is 9.15. The van der Waals surface area contributed by atoms with Gasteiger partial charge in [-0.15, -0.1) is 0 Å². The average Bonchev–Trinajstić information content (AvgIpc) is 2.87. The van der Waals surface area contributed by atoms with Crippen molar-refractivity contribution in [1.82, 2.24) is 5.32 Å². The Morgan fingerprint density at radius 3 is 2.63 bits per heavy atom. The first-order valence-corrected chi connectivity index (χ1v) is 6.88. The van der Waals surface area contributed by atoms with Gasteiger partial charge in [0.25, 0.3) is 5.91 Å². The first-order valence-electron chi connectivity index (χ1n) is 6.88. The van der Waals surface area contributed by atoms with Crippen LogP contribution in [0.25, 0.3) is 0 Å². The number of carbonyl (C=O) groups excluding carboxylic acids is 1. The lowest BCUT2D eigenvalue weighted by Crippen LogP contribution is -2.35. The van der Waals surface area contributed by atoms with Crippen molar-refractivity contribution in [1.29, 1.82) is 0 Å². The molecule has 0 saturated carbocycles. The Morgan fingerprint density at radius 1 is 1.32 bits per heavy atom. The topological polar surface area (TPSA) is 88.0 Å². The number of nitrogens with zero attached hydrogens (tertiary/aromatic N) is 1. The molecule has 1 atom stereocenters. The smallest absolute Gasteiger partial charge is 0.353 e. The summed E-state index contributed by atoms with van der Waals surface area (Å²) in [7, 11) is 0. The van der Waals surface area contributed by atoms with E-state index in [1.54, 1.807) is 0 Å². The van der Waals surface area contributed by atoms with Crippen LogP contribution >= 0.6 is 0 Å². The quantitative estimate of drug-likeness (QED) is 0.624. The molecule has 19 heavy (non-hydrogen) atoms. The van der Waals surface area contributed by atoms with Crippen LogP contribution in [0.5, 0.6) is 0 Å². The Morgan fingerprint density at radius 2 is 2.00 bits per heavy atom. The molecular weight excluding hydrogens is 248 g/mol. The molecule has 0 radical (unpaired) electrons. The fourth-order valence-corrected chi connectivity index (χ4v) is 1.88. The molecule has 1 rings (SSSR count). The zero-order valence-corrected chi connectivity index (χ0v) is 11.4. The maximum atomic E-state index is 11.6. The second kappa shape index (κ2) is 8.50. The molecule has 0 aromatic heterocycles. The van der Waals surface area contributed by atoms with E-state index in [1.807, 2.05) is 0 Å². The zero-order valence-electron chi connectivity index (χ0n) is 11.4. The highest BCUT2D eigenvalue weighted by atomic mass is 16.6. The number of hydrogen-bond acceptors (Lipinski definition) is 4. The minimum Gasteiger partial charge on any atom is -0.477 e. The molecule has 0 saturated heterocycles. The third-order valence-electron chi connectivity index (χ3n) is 3.04. The molecule has 6 heteroatoms. The summed E-state index contributed by atoms with van der Waals surface area (Å²) in [5.74, 6) is -1.42. The van der Waals surface area contributed by atoms with Crippen molar-refractivity contribution < 1.29 is 19.5 Å². The van der Waals surface area contributed by atoms with E-state index in [0.717, 1.165) is 12.8 Å². The van der Waals surface area contributed by atoms with Crippen molar-refractivity contribution in [3.63, 3.8) is 0 Å². The third kappa shape index (κ3) is 5.72. The highest BCUT2D eigenvalue weighted by Crippen LogP contribution is 2.11. The van der Waals surface area contributed by atoms with Crippen molar-refractivity contribution in [3.05, 3.63) is 0 Å². The van der Waals surface area contributed by atoms with E-state index in [4.69, 9.17) is 9.94 Å². The Hall–Kier alpha value is -1.59. The van der Waals surface area contributed by atoms with Crippen LogP contribution in [-0.4, -0.2) is 35.3 Å². The molecule has 108 valence electrons. The minimum atomic E-state index is -1.13. The van der Waals surface area contributed by atoms with Gasteiger partial charge in [0.1, 0.15) is 0 Å². The van der Waals surface area contributed by atoms with Gasteiger partial charge in [0.15, 0.2) is 5.71 Å². The van der Waals surface area contributed by atoms with Crippen molar-refractivity contribution >= 4 is 17.6 Å². The summed E-state index contributed by atoms with van der Waals surface area (Å²) < 4.78 is 0. The van der Waals surface area contributed by atoms with Crippen molar-refractivity contribution in [2.24, 2.45) is 5.16 Å². The summed E-state index contributed by atoms with van der Waals surface area (Å²) in [6, 6.07) is 0. The number of oxime groups is 1. The number of carbonyl (C=O) groups is 2. The van der Waals surface area contributed by atoms with Crippen molar-refractivity contribution in [2.45, 2.75) is 58.0 Å². The molecule has 1 amide bonds. The van der Waals surface area contributed by atoms with E-state index in [-0.39, 0.29) is 18.0 Å². The second-order valence-electron chi connectivity index (χ2n) is 4.70.